The van der Waals surface area contributed by atoms with Gasteiger partial charge in [0.2, 0.25) is 0 Å². The van der Waals surface area contributed by atoms with Gasteiger partial charge in [-0.3, -0.25) is 14.6 Å². The molecule has 146 valence electrons. The van der Waals surface area contributed by atoms with E-state index in [1.54, 1.807) is 54.6 Å². The summed E-state index contributed by atoms with van der Waals surface area (Å²) < 4.78 is 4.74. The summed E-state index contributed by atoms with van der Waals surface area (Å²) in [4.78, 5) is 40.1. The molecule has 0 radical (unpaired) electrons. The zero-order valence-corrected chi connectivity index (χ0v) is 15.9. The number of pyridine rings is 1. The first-order valence-corrected chi connectivity index (χ1v) is 8.80. The average molecular weight is 389 g/mol. The van der Waals surface area contributed by atoms with Crippen LogP contribution in [0.25, 0.3) is 0 Å². The van der Waals surface area contributed by atoms with E-state index in [2.05, 4.69) is 15.6 Å². The number of ether oxygens (including phenoxy) is 1. The third kappa shape index (κ3) is 4.84. The number of carbonyl (C=O) groups is 3. The van der Waals surface area contributed by atoms with Crippen LogP contribution in [-0.2, 0) is 4.74 Å². The summed E-state index contributed by atoms with van der Waals surface area (Å²) in [6.45, 7) is 1.50. The third-order valence-electron chi connectivity index (χ3n) is 4.13. The van der Waals surface area contributed by atoms with Gasteiger partial charge in [0.1, 0.15) is 5.69 Å². The summed E-state index contributed by atoms with van der Waals surface area (Å²) in [7, 11) is 1.28. The molecule has 1 heterocycles. The molecule has 0 spiro atoms. The molecule has 29 heavy (non-hydrogen) atoms. The minimum absolute atomic E-state index is 0.0345. The molecule has 0 saturated carbocycles. The molecule has 0 saturated heterocycles. The summed E-state index contributed by atoms with van der Waals surface area (Å²) >= 11 is 0. The van der Waals surface area contributed by atoms with Gasteiger partial charge in [-0.1, -0.05) is 24.3 Å². The van der Waals surface area contributed by atoms with Gasteiger partial charge in [0.25, 0.3) is 5.91 Å². The fraction of sp³-hybridized carbons (Fsp3) is 0.0909. The summed E-state index contributed by atoms with van der Waals surface area (Å²) in [5.41, 5.74) is 2.68. The van der Waals surface area contributed by atoms with Crippen molar-refractivity contribution >= 4 is 34.7 Å². The molecular weight excluding hydrogens is 370 g/mol. The van der Waals surface area contributed by atoms with Crippen molar-refractivity contribution in [2.24, 2.45) is 0 Å². The molecule has 0 aliphatic rings. The Hall–Kier alpha value is -4.00. The van der Waals surface area contributed by atoms with Crippen LogP contribution in [0, 0.1) is 0 Å². The summed E-state index contributed by atoms with van der Waals surface area (Å²) in [6.07, 6.45) is 1.50. The van der Waals surface area contributed by atoms with Crippen LogP contribution in [0.1, 0.15) is 38.1 Å². The molecule has 0 aliphatic heterocycles. The molecule has 1 amide bonds. The molecule has 0 unspecified atom stereocenters. The summed E-state index contributed by atoms with van der Waals surface area (Å²) in [5.74, 6) is -1.05. The fourth-order valence-corrected chi connectivity index (χ4v) is 2.68. The highest BCUT2D eigenvalue weighted by atomic mass is 16.5. The minimum atomic E-state index is -0.547. The Balaban J connectivity index is 1.79. The number of methoxy groups -OCH3 is 1. The number of carbonyl (C=O) groups excluding carboxylic acids is 3. The van der Waals surface area contributed by atoms with E-state index in [9.17, 15) is 14.4 Å². The van der Waals surface area contributed by atoms with Gasteiger partial charge in [-0.15, -0.1) is 0 Å². The zero-order valence-electron chi connectivity index (χ0n) is 15.9. The van der Waals surface area contributed by atoms with Crippen molar-refractivity contribution in [3.8, 4) is 0 Å². The second-order valence-electron chi connectivity index (χ2n) is 6.18. The molecule has 2 aromatic carbocycles. The molecule has 7 heteroatoms. The predicted molar refractivity (Wildman–Crippen MR) is 110 cm³/mol. The molecule has 1 aromatic heterocycles. The highest BCUT2D eigenvalue weighted by Gasteiger charge is 2.15. The topological polar surface area (TPSA) is 97.4 Å². The number of benzene rings is 2. The van der Waals surface area contributed by atoms with Crippen molar-refractivity contribution in [2.45, 2.75) is 6.92 Å². The molecule has 0 bridgehead atoms. The van der Waals surface area contributed by atoms with Gasteiger partial charge < -0.3 is 15.4 Å². The number of Topliss-reactive ketones (excluding diaryl/α,β-unsaturated/α-hetero) is 1. The Bertz CT molecular complexity index is 1080. The maximum Gasteiger partial charge on any atom is 0.339 e. The highest BCUT2D eigenvalue weighted by Crippen LogP contribution is 2.20. The van der Waals surface area contributed by atoms with E-state index in [0.29, 0.717) is 22.6 Å². The van der Waals surface area contributed by atoms with E-state index in [1.165, 1.54) is 20.2 Å². The SMILES string of the molecule is COC(=O)c1ccccc1NC(=O)c1cc(Nc2cccc(C(C)=O)c2)ccn1. The normalized spacial score (nSPS) is 10.1. The Morgan fingerprint density at radius 2 is 1.69 bits per heavy atom. The van der Waals surface area contributed by atoms with E-state index in [0.717, 1.165) is 0 Å². The summed E-state index contributed by atoms with van der Waals surface area (Å²) in [6, 6.07) is 16.9. The second kappa shape index (κ2) is 8.79. The van der Waals surface area contributed by atoms with Gasteiger partial charge in [0, 0.05) is 23.1 Å². The van der Waals surface area contributed by atoms with Crippen LogP contribution in [-0.4, -0.2) is 29.8 Å². The standard InChI is InChI=1S/C22H19N3O4/c1-14(26)15-6-5-7-16(12-15)24-17-10-11-23-20(13-17)21(27)25-19-9-4-3-8-18(19)22(28)29-2/h3-13H,1-2H3,(H,23,24)(H,25,27). The van der Waals surface area contributed by atoms with Gasteiger partial charge in [0.05, 0.1) is 18.4 Å². The minimum Gasteiger partial charge on any atom is -0.465 e. The van der Waals surface area contributed by atoms with Crippen LogP contribution < -0.4 is 10.6 Å². The van der Waals surface area contributed by atoms with Crippen molar-refractivity contribution in [1.82, 2.24) is 4.98 Å². The lowest BCUT2D eigenvalue weighted by atomic mass is 10.1. The number of para-hydroxylation sites is 1. The van der Waals surface area contributed by atoms with Gasteiger partial charge in [-0.25, -0.2) is 4.79 Å². The number of hydrogen-bond acceptors (Lipinski definition) is 6. The van der Waals surface area contributed by atoms with Crippen LogP contribution >= 0.6 is 0 Å². The van der Waals surface area contributed by atoms with Crippen LogP contribution in [0.15, 0.2) is 66.9 Å². The molecule has 0 atom stereocenters. The van der Waals surface area contributed by atoms with Gasteiger partial charge in [-0.2, -0.15) is 0 Å². The lowest BCUT2D eigenvalue weighted by molar-refractivity contribution is 0.0601. The third-order valence-corrected chi connectivity index (χ3v) is 4.13. The first-order valence-electron chi connectivity index (χ1n) is 8.80. The first-order chi connectivity index (χ1) is 14.0. The molecule has 7 nitrogen and oxygen atoms in total. The lowest BCUT2D eigenvalue weighted by Crippen LogP contribution is -2.16. The van der Waals surface area contributed by atoms with Crippen molar-refractivity contribution in [1.29, 1.82) is 0 Å². The van der Waals surface area contributed by atoms with E-state index < -0.39 is 11.9 Å². The number of rotatable bonds is 6. The Kier molecular flexibility index (Phi) is 5.99. The van der Waals surface area contributed by atoms with E-state index >= 15 is 0 Å². The van der Waals surface area contributed by atoms with Crippen molar-refractivity contribution in [2.75, 3.05) is 17.7 Å². The molecule has 3 aromatic rings. The first kappa shape index (κ1) is 19.8. The molecule has 0 aliphatic carbocycles. The van der Waals surface area contributed by atoms with Crippen molar-refractivity contribution < 1.29 is 19.1 Å². The number of ketones is 1. The maximum absolute atomic E-state index is 12.6. The van der Waals surface area contributed by atoms with Crippen molar-refractivity contribution in [3.05, 3.63) is 83.7 Å². The largest absolute Gasteiger partial charge is 0.465 e. The van der Waals surface area contributed by atoms with Crippen LogP contribution in [0.3, 0.4) is 0 Å². The molecule has 2 N–H and O–H groups in total. The van der Waals surface area contributed by atoms with Crippen LogP contribution in [0.5, 0.6) is 0 Å². The highest BCUT2D eigenvalue weighted by molar-refractivity contribution is 6.07. The Labute approximate surface area is 167 Å². The van der Waals surface area contributed by atoms with Gasteiger partial charge in [0.15, 0.2) is 5.78 Å². The number of hydrogen-bond donors (Lipinski definition) is 2. The maximum atomic E-state index is 12.6. The smallest absolute Gasteiger partial charge is 0.339 e. The number of anilines is 3. The summed E-state index contributed by atoms with van der Waals surface area (Å²) in [5, 5.41) is 5.83. The Morgan fingerprint density at radius 1 is 0.931 bits per heavy atom. The number of amides is 1. The molecule has 3 rings (SSSR count). The Morgan fingerprint density at radius 3 is 2.45 bits per heavy atom. The zero-order chi connectivity index (χ0) is 20.8. The lowest BCUT2D eigenvalue weighted by Gasteiger charge is -2.11. The van der Waals surface area contributed by atoms with Gasteiger partial charge >= 0.3 is 5.97 Å². The second-order valence-corrected chi connectivity index (χ2v) is 6.18. The molecular formula is C22H19N3O4. The number of nitrogens with one attached hydrogen (secondary N) is 2. The molecule has 0 fully saturated rings. The van der Waals surface area contributed by atoms with E-state index in [4.69, 9.17) is 4.74 Å². The monoisotopic (exact) mass is 389 g/mol. The van der Waals surface area contributed by atoms with E-state index in [-0.39, 0.29) is 17.0 Å². The fourth-order valence-electron chi connectivity index (χ4n) is 2.68. The van der Waals surface area contributed by atoms with E-state index in [1.807, 2.05) is 6.07 Å². The number of esters is 1. The van der Waals surface area contributed by atoms with Crippen molar-refractivity contribution in [3.63, 3.8) is 0 Å². The van der Waals surface area contributed by atoms with Gasteiger partial charge in [-0.05, 0) is 43.3 Å². The average Bonchev–Trinajstić information content (AvgIpc) is 2.74. The van der Waals surface area contributed by atoms with Crippen LogP contribution in [0.2, 0.25) is 0 Å². The number of aromatic nitrogens is 1. The number of nitrogens with zero attached hydrogens (tertiary/aromatic N) is 1. The van der Waals surface area contributed by atoms with Crippen LogP contribution in [0.4, 0.5) is 17.1 Å². The predicted octanol–water partition coefficient (Wildman–Crippen LogP) is 4.07. The quantitative estimate of drug-likeness (QED) is 0.487.